The van der Waals surface area contributed by atoms with E-state index in [9.17, 15) is 9.18 Å². The molecular formula is C19H17FN4O2. The molecule has 0 saturated carbocycles. The fourth-order valence-corrected chi connectivity index (χ4v) is 2.32. The number of halogens is 1. The minimum atomic E-state index is -0.397. The van der Waals surface area contributed by atoms with Gasteiger partial charge in [-0.1, -0.05) is 30.3 Å². The number of rotatable bonds is 6. The summed E-state index contributed by atoms with van der Waals surface area (Å²) in [6.07, 6.45) is 1.47. The van der Waals surface area contributed by atoms with Crippen LogP contribution in [0.25, 0.3) is 0 Å². The molecule has 0 saturated heterocycles. The molecule has 0 aliphatic rings. The van der Waals surface area contributed by atoms with Gasteiger partial charge in [0, 0.05) is 18.3 Å². The van der Waals surface area contributed by atoms with E-state index in [1.807, 2.05) is 6.07 Å². The van der Waals surface area contributed by atoms with Crippen molar-refractivity contribution in [1.82, 2.24) is 9.97 Å². The lowest BCUT2D eigenvalue weighted by atomic mass is 10.2. The average Bonchev–Trinajstić information content (AvgIpc) is 2.68. The molecule has 2 N–H and O–H groups in total. The first-order chi connectivity index (χ1) is 12.7. The lowest BCUT2D eigenvalue weighted by molar-refractivity contribution is 0.102. The molecule has 1 amide bonds. The molecule has 2 aromatic carbocycles. The van der Waals surface area contributed by atoms with Crippen LogP contribution in [0.3, 0.4) is 0 Å². The van der Waals surface area contributed by atoms with E-state index in [0.717, 1.165) is 0 Å². The van der Waals surface area contributed by atoms with Crippen molar-refractivity contribution in [2.24, 2.45) is 0 Å². The van der Waals surface area contributed by atoms with Crippen LogP contribution in [0, 0.1) is 5.82 Å². The van der Waals surface area contributed by atoms with Gasteiger partial charge in [0.2, 0.25) is 5.95 Å². The summed E-state index contributed by atoms with van der Waals surface area (Å²) in [5.74, 6) is 0.0737. The Morgan fingerprint density at radius 1 is 1.12 bits per heavy atom. The van der Waals surface area contributed by atoms with E-state index >= 15 is 0 Å². The Morgan fingerprint density at radius 2 is 1.88 bits per heavy atom. The van der Waals surface area contributed by atoms with Crippen molar-refractivity contribution in [3.63, 3.8) is 0 Å². The maximum atomic E-state index is 13.7. The van der Waals surface area contributed by atoms with Gasteiger partial charge in [-0.05, 0) is 24.3 Å². The van der Waals surface area contributed by atoms with Crippen molar-refractivity contribution in [3.8, 4) is 5.75 Å². The molecule has 3 aromatic rings. The van der Waals surface area contributed by atoms with Crippen LogP contribution in [-0.2, 0) is 6.54 Å². The SMILES string of the molecule is COc1ccccc1NC(=O)c1ccnc(NCc2ccccc2F)n1. The van der Waals surface area contributed by atoms with Crippen molar-refractivity contribution in [1.29, 1.82) is 0 Å². The van der Waals surface area contributed by atoms with Crippen LogP contribution in [-0.4, -0.2) is 23.0 Å². The molecule has 0 spiro atoms. The number of nitrogens with one attached hydrogen (secondary N) is 2. The summed E-state index contributed by atoms with van der Waals surface area (Å²) < 4.78 is 18.9. The van der Waals surface area contributed by atoms with Crippen molar-refractivity contribution in [3.05, 3.63) is 77.9 Å². The second-order valence-electron chi connectivity index (χ2n) is 5.36. The van der Waals surface area contributed by atoms with E-state index in [1.54, 1.807) is 36.4 Å². The van der Waals surface area contributed by atoms with Crippen LogP contribution in [0.4, 0.5) is 16.0 Å². The lowest BCUT2D eigenvalue weighted by Gasteiger charge is -2.10. The van der Waals surface area contributed by atoms with E-state index in [1.165, 1.54) is 25.4 Å². The highest BCUT2D eigenvalue weighted by molar-refractivity contribution is 6.03. The number of benzene rings is 2. The molecule has 1 aromatic heterocycles. The van der Waals surface area contributed by atoms with Crippen molar-refractivity contribution in [2.45, 2.75) is 6.54 Å². The molecule has 6 nitrogen and oxygen atoms in total. The number of ether oxygens (including phenoxy) is 1. The van der Waals surface area contributed by atoms with Gasteiger partial charge in [-0.15, -0.1) is 0 Å². The van der Waals surface area contributed by atoms with E-state index in [4.69, 9.17) is 4.74 Å². The van der Waals surface area contributed by atoms with Gasteiger partial charge in [0.05, 0.1) is 12.8 Å². The third-order valence-corrected chi connectivity index (χ3v) is 3.64. The van der Waals surface area contributed by atoms with Gasteiger partial charge in [0.1, 0.15) is 17.3 Å². The topological polar surface area (TPSA) is 76.1 Å². The molecule has 3 rings (SSSR count). The Balaban J connectivity index is 1.70. The zero-order chi connectivity index (χ0) is 18.4. The van der Waals surface area contributed by atoms with Crippen molar-refractivity contribution in [2.75, 3.05) is 17.7 Å². The quantitative estimate of drug-likeness (QED) is 0.710. The number of carbonyl (C=O) groups is 1. The standard InChI is InChI=1S/C19H17FN4O2/c1-26-17-9-5-4-8-15(17)23-18(25)16-10-11-21-19(24-16)22-12-13-6-2-3-7-14(13)20/h2-11H,12H2,1H3,(H,23,25)(H,21,22,24). The predicted molar refractivity (Wildman–Crippen MR) is 96.7 cm³/mol. The highest BCUT2D eigenvalue weighted by Crippen LogP contribution is 2.23. The van der Waals surface area contributed by atoms with Crippen molar-refractivity contribution >= 4 is 17.5 Å². The maximum Gasteiger partial charge on any atom is 0.274 e. The van der Waals surface area contributed by atoms with Gasteiger partial charge >= 0.3 is 0 Å². The molecule has 7 heteroatoms. The maximum absolute atomic E-state index is 13.7. The number of hydrogen-bond donors (Lipinski definition) is 2. The first kappa shape index (κ1) is 17.3. The number of carbonyl (C=O) groups excluding carboxylic acids is 1. The van der Waals surface area contributed by atoms with Crippen LogP contribution >= 0.6 is 0 Å². The minimum Gasteiger partial charge on any atom is -0.495 e. The Kier molecular flexibility index (Phi) is 5.38. The molecule has 0 aliphatic heterocycles. The molecular weight excluding hydrogens is 335 g/mol. The third kappa shape index (κ3) is 4.13. The van der Waals surface area contributed by atoms with Crippen molar-refractivity contribution < 1.29 is 13.9 Å². The van der Waals surface area contributed by atoms with Gasteiger partial charge in [0.25, 0.3) is 5.91 Å². The van der Waals surface area contributed by atoms with Crippen LogP contribution in [0.15, 0.2) is 60.8 Å². The monoisotopic (exact) mass is 352 g/mol. The number of anilines is 2. The van der Waals surface area contributed by atoms with Gasteiger partial charge in [-0.25, -0.2) is 14.4 Å². The summed E-state index contributed by atoms with van der Waals surface area (Å²) in [5.41, 5.74) is 1.21. The Morgan fingerprint density at radius 3 is 2.69 bits per heavy atom. The molecule has 132 valence electrons. The predicted octanol–water partition coefficient (Wildman–Crippen LogP) is 3.49. The van der Waals surface area contributed by atoms with E-state index in [-0.39, 0.29) is 24.0 Å². The van der Waals surface area contributed by atoms with Gasteiger partial charge < -0.3 is 15.4 Å². The molecule has 0 aliphatic carbocycles. The minimum absolute atomic E-state index is 0.182. The number of methoxy groups -OCH3 is 1. The fourth-order valence-electron chi connectivity index (χ4n) is 2.32. The molecule has 0 fully saturated rings. The summed E-state index contributed by atoms with van der Waals surface area (Å²) in [6, 6.07) is 15.0. The molecule has 26 heavy (non-hydrogen) atoms. The van der Waals surface area contributed by atoms with Gasteiger partial charge in [-0.2, -0.15) is 0 Å². The highest BCUT2D eigenvalue weighted by Gasteiger charge is 2.12. The number of nitrogens with zero attached hydrogens (tertiary/aromatic N) is 2. The smallest absolute Gasteiger partial charge is 0.274 e. The number of amides is 1. The third-order valence-electron chi connectivity index (χ3n) is 3.64. The Labute approximate surface area is 150 Å². The van der Waals surface area contributed by atoms with E-state index in [2.05, 4.69) is 20.6 Å². The van der Waals surface area contributed by atoms with Crippen LogP contribution in [0.2, 0.25) is 0 Å². The number of aromatic nitrogens is 2. The average molecular weight is 352 g/mol. The van der Waals surface area contributed by atoms with Crippen LogP contribution in [0.5, 0.6) is 5.75 Å². The van der Waals surface area contributed by atoms with Gasteiger partial charge in [0.15, 0.2) is 0 Å². The summed E-state index contributed by atoms with van der Waals surface area (Å²) in [4.78, 5) is 20.6. The van der Waals surface area contributed by atoms with Crippen LogP contribution in [0.1, 0.15) is 16.1 Å². The zero-order valence-corrected chi connectivity index (χ0v) is 14.1. The largest absolute Gasteiger partial charge is 0.495 e. The molecule has 0 radical (unpaired) electrons. The second-order valence-corrected chi connectivity index (χ2v) is 5.36. The number of hydrogen-bond acceptors (Lipinski definition) is 5. The number of para-hydroxylation sites is 2. The first-order valence-electron chi connectivity index (χ1n) is 7.92. The molecule has 0 unspecified atom stereocenters. The van der Waals surface area contributed by atoms with E-state index in [0.29, 0.717) is 17.0 Å². The molecule has 1 heterocycles. The zero-order valence-electron chi connectivity index (χ0n) is 14.1. The Hall–Kier alpha value is -3.48. The highest BCUT2D eigenvalue weighted by atomic mass is 19.1. The first-order valence-corrected chi connectivity index (χ1v) is 7.92. The summed E-state index contributed by atoms with van der Waals surface area (Å²) >= 11 is 0. The summed E-state index contributed by atoms with van der Waals surface area (Å²) in [5, 5.41) is 5.66. The molecule has 0 atom stereocenters. The van der Waals surface area contributed by atoms with Gasteiger partial charge in [-0.3, -0.25) is 4.79 Å². The normalized spacial score (nSPS) is 10.2. The molecule has 0 bridgehead atoms. The second kappa shape index (κ2) is 8.06. The summed E-state index contributed by atoms with van der Waals surface area (Å²) in [6.45, 7) is 0.213. The summed E-state index contributed by atoms with van der Waals surface area (Å²) in [7, 11) is 1.53. The fraction of sp³-hybridized carbons (Fsp3) is 0.105. The lowest BCUT2D eigenvalue weighted by Crippen LogP contribution is -2.16. The Bertz CT molecular complexity index is 917. The van der Waals surface area contributed by atoms with E-state index < -0.39 is 5.91 Å². The van der Waals surface area contributed by atoms with Crippen LogP contribution < -0.4 is 15.4 Å².